The van der Waals surface area contributed by atoms with Gasteiger partial charge in [0.2, 0.25) is 0 Å². The molecule has 0 amide bonds. The highest BCUT2D eigenvalue weighted by Gasteiger charge is 2.17. The maximum atomic E-state index is 10.3. The van der Waals surface area contributed by atoms with Crippen LogP contribution in [0.25, 0.3) is 0 Å². The average Bonchev–Trinajstić information content (AvgIpc) is 2.84. The van der Waals surface area contributed by atoms with Crippen molar-refractivity contribution in [3.63, 3.8) is 0 Å². The van der Waals surface area contributed by atoms with Gasteiger partial charge < -0.3 is 9.84 Å². The minimum Gasteiger partial charge on any atom is -0.383 e. The van der Waals surface area contributed by atoms with E-state index in [0.717, 1.165) is 0 Å². The summed E-state index contributed by atoms with van der Waals surface area (Å²) in [7, 11) is 1.62. The molecular formula is C12H14ClN3O2. The van der Waals surface area contributed by atoms with Crippen molar-refractivity contribution in [2.75, 3.05) is 13.7 Å². The molecule has 5 nitrogen and oxygen atoms in total. The lowest BCUT2D eigenvalue weighted by molar-refractivity contribution is 0.171. The Labute approximate surface area is 110 Å². The van der Waals surface area contributed by atoms with Gasteiger partial charge in [-0.05, 0) is 12.1 Å². The van der Waals surface area contributed by atoms with E-state index >= 15 is 0 Å². The molecule has 96 valence electrons. The fraction of sp³-hybridized carbons (Fsp3) is 0.333. The number of halogens is 1. The summed E-state index contributed by atoms with van der Waals surface area (Å²) >= 11 is 6.02. The van der Waals surface area contributed by atoms with Gasteiger partial charge in [-0.2, -0.15) is 5.10 Å². The van der Waals surface area contributed by atoms with E-state index < -0.39 is 6.10 Å². The van der Waals surface area contributed by atoms with Crippen molar-refractivity contribution in [3.8, 4) is 0 Å². The van der Waals surface area contributed by atoms with E-state index in [-0.39, 0.29) is 0 Å². The molecule has 1 unspecified atom stereocenters. The zero-order chi connectivity index (χ0) is 13.0. The Balaban J connectivity index is 2.26. The summed E-state index contributed by atoms with van der Waals surface area (Å²) in [5.74, 6) is 0. The first-order valence-corrected chi connectivity index (χ1v) is 5.90. The second-order valence-corrected chi connectivity index (χ2v) is 4.18. The van der Waals surface area contributed by atoms with Gasteiger partial charge in [0.15, 0.2) is 0 Å². The van der Waals surface area contributed by atoms with Crippen LogP contribution < -0.4 is 0 Å². The van der Waals surface area contributed by atoms with Crippen LogP contribution in [0.1, 0.15) is 17.4 Å². The second kappa shape index (κ2) is 5.95. The van der Waals surface area contributed by atoms with Gasteiger partial charge in [0.05, 0.1) is 23.9 Å². The highest BCUT2D eigenvalue weighted by molar-refractivity contribution is 6.31. The Morgan fingerprint density at radius 3 is 3.00 bits per heavy atom. The molecule has 0 aliphatic rings. The van der Waals surface area contributed by atoms with Crippen LogP contribution in [0.3, 0.4) is 0 Å². The molecule has 2 aromatic heterocycles. The molecule has 0 saturated carbocycles. The van der Waals surface area contributed by atoms with Gasteiger partial charge in [0.25, 0.3) is 0 Å². The van der Waals surface area contributed by atoms with Crippen LogP contribution in [0.5, 0.6) is 0 Å². The first kappa shape index (κ1) is 13.0. The van der Waals surface area contributed by atoms with E-state index in [1.54, 1.807) is 36.3 Å². The first-order valence-electron chi connectivity index (χ1n) is 5.52. The van der Waals surface area contributed by atoms with Crippen LogP contribution in [0.15, 0.2) is 30.7 Å². The molecule has 2 heterocycles. The smallest absolute Gasteiger partial charge is 0.122 e. The standard InChI is InChI=1S/C12H14ClN3O2/c1-18-7-6-16-11(3-5-15-16)12(17)9-2-4-14-8-10(9)13/h2-5,8,12,17H,6-7H2,1H3. The number of aliphatic hydroxyl groups is 1. The summed E-state index contributed by atoms with van der Waals surface area (Å²) in [5.41, 5.74) is 1.30. The largest absolute Gasteiger partial charge is 0.383 e. The third-order valence-electron chi connectivity index (χ3n) is 2.64. The van der Waals surface area contributed by atoms with Gasteiger partial charge >= 0.3 is 0 Å². The molecule has 2 rings (SSSR count). The van der Waals surface area contributed by atoms with E-state index in [4.69, 9.17) is 16.3 Å². The van der Waals surface area contributed by atoms with Crippen molar-refractivity contribution in [2.45, 2.75) is 12.6 Å². The van der Waals surface area contributed by atoms with E-state index in [1.807, 2.05) is 0 Å². The molecule has 0 bridgehead atoms. The monoisotopic (exact) mass is 267 g/mol. The molecule has 2 aromatic rings. The number of rotatable bonds is 5. The molecule has 1 atom stereocenters. The van der Waals surface area contributed by atoms with Crippen LogP contribution >= 0.6 is 11.6 Å². The van der Waals surface area contributed by atoms with E-state index in [0.29, 0.717) is 29.4 Å². The number of nitrogens with zero attached hydrogens (tertiary/aromatic N) is 3. The molecule has 0 aromatic carbocycles. The summed E-state index contributed by atoms with van der Waals surface area (Å²) in [5, 5.41) is 14.9. The van der Waals surface area contributed by atoms with Crippen molar-refractivity contribution in [2.24, 2.45) is 0 Å². The second-order valence-electron chi connectivity index (χ2n) is 3.77. The molecular weight excluding hydrogens is 254 g/mol. The van der Waals surface area contributed by atoms with E-state index in [1.165, 1.54) is 6.20 Å². The molecule has 0 aliphatic carbocycles. The number of pyridine rings is 1. The molecule has 18 heavy (non-hydrogen) atoms. The summed E-state index contributed by atoms with van der Waals surface area (Å²) in [6.45, 7) is 1.12. The van der Waals surface area contributed by atoms with Crippen molar-refractivity contribution in [3.05, 3.63) is 47.0 Å². The SMILES string of the molecule is COCCn1nccc1C(O)c1ccncc1Cl. The number of ether oxygens (including phenoxy) is 1. The zero-order valence-electron chi connectivity index (χ0n) is 9.95. The van der Waals surface area contributed by atoms with Crippen LogP contribution in [0.4, 0.5) is 0 Å². The summed E-state index contributed by atoms with van der Waals surface area (Å²) < 4.78 is 6.70. The minimum absolute atomic E-state index is 0.435. The third kappa shape index (κ3) is 2.69. The van der Waals surface area contributed by atoms with Gasteiger partial charge in [-0.1, -0.05) is 11.6 Å². The molecule has 0 aliphatic heterocycles. The molecule has 1 N–H and O–H groups in total. The quantitative estimate of drug-likeness (QED) is 0.895. The Kier molecular flexibility index (Phi) is 4.30. The number of aromatic nitrogens is 3. The normalized spacial score (nSPS) is 12.6. The van der Waals surface area contributed by atoms with Crippen LogP contribution in [0.2, 0.25) is 5.02 Å². The maximum Gasteiger partial charge on any atom is 0.122 e. The van der Waals surface area contributed by atoms with Crippen LogP contribution in [-0.2, 0) is 11.3 Å². The lowest BCUT2D eigenvalue weighted by atomic mass is 10.1. The lowest BCUT2D eigenvalue weighted by Crippen LogP contribution is -2.13. The van der Waals surface area contributed by atoms with Crippen molar-refractivity contribution >= 4 is 11.6 Å². The third-order valence-corrected chi connectivity index (χ3v) is 2.95. The zero-order valence-corrected chi connectivity index (χ0v) is 10.7. The van der Waals surface area contributed by atoms with Crippen LogP contribution in [-0.4, -0.2) is 33.6 Å². The number of hydrogen-bond donors (Lipinski definition) is 1. The minimum atomic E-state index is -0.820. The molecule has 6 heteroatoms. The topological polar surface area (TPSA) is 60.2 Å². The van der Waals surface area contributed by atoms with Gasteiger partial charge in [-0.25, -0.2) is 0 Å². The maximum absolute atomic E-state index is 10.3. The summed E-state index contributed by atoms with van der Waals surface area (Å²) in [6.07, 6.45) is 3.93. The Bertz CT molecular complexity index is 516. The predicted molar refractivity (Wildman–Crippen MR) is 67.4 cm³/mol. The predicted octanol–water partition coefficient (Wildman–Crippen LogP) is 1.66. The van der Waals surface area contributed by atoms with Crippen LogP contribution in [0, 0.1) is 0 Å². The summed E-state index contributed by atoms with van der Waals surface area (Å²) in [4.78, 5) is 3.90. The van der Waals surface area contributed by atoms with Gasteiger partial charge in [0, 0.05) is 31.3 Å². The first-order chi connectivity index (χ1) is 8.74. The van der Waals surface area contributed by atoms with Crippen molar-refractivity contribution in [1.29, 1.82) is 0 Å². The number of methoxy groups -OCH3 is 1. The van der Waals surface area contributed by atoms with Gasteiger partial charge in [0.1, 0.15) is 6.10 Å². The number of aliphatic hydroxyl groups excluding tert-OH is 1. The van der Waals surface area contributed by atoms with Gasteiger partial charge in [-0.15, -0.1) is 0 Å². The highest BCUT2D eigenvalue weighted by atomic mass is 35.5. The molecule has 0 radical (unpaired) electrons. The Morgan fingerprint density at radius 2 is 2.28 bits per heavy atom. The van der Waals surface area contributed by atoms with Crippen molar-refractivity contribution < 1.29 is 9.84 Å². The van der Waals surface area contributed by atoms with E-state index in [2.05, 4.69) is 10.1 Å². The van der Waals surface area contributed by atoms with E-state index in [9.17, 15) is 5.11 Å². The molecule has 0 spiro atoms. The number of hydrogen-bond acceptors (Lipinski definition) is 4. The molecule has 0 fully saturated rings. The fourth-order valence-electron chi connectivity index (χ4n) is 1.71. The average molecular weight is 268 g/mol. The molecule has 0 saturated heterocycles. The van der Waals surface area contributed by atoms with Gasteiger partial charge in [-0.3, -0.25) is 9.67 Å². The van der Waals surface area contributed by atoms with Crippen molar-refractivity contribution in [1.82, 2.24) is 14.8 Å². The lowest BCUT2D eigenvalue weighted by Gasteiger charge is -2.14. The highest BCUT2D eigenvalue weighted by Crippen LogP contribution is 2.27. The Hall–Kier alpha value is -1.43. The fourth-order valence-corrected chi connectivity index (χ4v) is 1.93. The summed E-state index contributed by atoms with van der Waals surface area (Å²) in [6, 6.07) is 3.46. The Morgan fingerprint density at radius 1 is 1.44 bits per heavy atom.